The Balaban J connectivity index is 1.95. The van der Waals surface area contributed by atoms with Gasteiger partial charge in [-0.25, -0.2) is 4.98 Å². The molecule has 0 bridgehead atoms. The summed E-state index contributed by atoms with van der Waals surface area (Å²) in [6.45, 7) is 9.40. The van der Waals surface area contributed by atoms with E-state index in [-0.39, 0.29) is 5.91 Å². The van der Waals surface area contributed by atoms with Crippen LogP contribution in [0.4, 0.5) is 5.13 Å². The number of anilines is 1. The number of carbonyl (C=O) groups is 1. The number of benzene rings is 1. The van der Waals surface area contributed by atoms with E-state index in [1.807, 2.05) is 38.2 Å². The van der Waals surface area contributed by atoms with Crippen molar-refractivity contribution in [2.75, 3.05) is 31.1 Å². The number of rotatable bonds is 7. The molecule has 8 heteroatoms. The molecule has 0 spiro atoms. The summed E-state index contributed by atoms with van der Waals surface area (Å²) >= 11 is 7.58. The third-order valence-corrected chi connectivity index (χ3v) is 5.96. The smallest absolute Gasteiger partial charge is 0.280 e. The maximum absolute atomic E-state index is 13.2. The van der Waals surface area contributed by atoms with Crippen molar-refractivity contribution in [3.8, 4) is 0 Å². The molecule has 3 rings (SSSR count). The lowest BCUT2D eigenvalue weighted by Gasteiger charge is -2.24. The predicted molar refractivity (Wildman–Crippen MR) is 112 cm³/mol. The number of aromatic nitrogens is 3. The third-order valence-electron chi connectivity index (χ3n) is 4.68. The van der Waals surface area contributed by atoms with Crippen LogP contribution in [0.25, 0.3) is 10.2 Å². The van der Waals surface area contributed by atoms with Gasteiger partial charge in [0.15, 0.2) is 10.8 Å². The van der Waals surface area contributed by atoms with Crippen LogP contribution in [0.15, 0.2) is 24.3 Å². The first-order valence-electron chi connectivity index (χ1n) is 9.03. The molecule has 1 amide bonds. The van der Waals surface area contributed by atoms with Crippen molar-refractivity contribution >= 4 is 44.2 Å². The van der Waals surface area contributed by atoms with Crippen LogP contribution in [-0.4, -0.2) is 51.8 Å². The van der Waals surface area contributed by atoms with E-state index >= 15 is 0 Å². The standard InChI is InChI=1S/C19H24ClN5OS/c1-5-24(6-2)9-10-25(18(26)16-11-13(3)23(4)22-16)19-21-15-8-7-14(20)12-17(15)27-19/h7-8,11-12H,5-6,9-10H2,1-4H3. The van der Waals surface area contributed by atoms with Gasteiger partial charge in [-0.1, -0.05) is 36.8 Å². The highest BCUT2D eigenvalue weighted by Crippen LogP contribution is 2.31. The highest BCUT2D eigenvalue weighted by atomic mass is 35.5. The number of hydrogen-bond acceptors (Lipinski definition) is 5. The number of amides is 1. The molecule has 0 fully saturated rings. The quantitative estimate of drug-likeness (QED) is 0.596. The molecule has 0 saturated heterocycles. The van der Waals surface area contributed by atoms with Crippen LogP contribution < -0.4 is 4.90 Å². The Kier molecular flexibility index (Phi) is 6.14. The summed E-state index contributed by atoms with van der Waals surface area (Å²) in [7, 11) is 1.84. The molecule has 0 atom stereocenters. The summed E-state index contributed by atoms with van der Waals surface area (Å²) in [6.07, 6.45) is 0. The average molecular weight is 406 g/mol. The minimum atomic E-state index is -0.129. The molecule has 27 heavy (non-hydrogen) atoms. The molecule has 2 heterocycles. The summed E-state index contributed by atoms with van der Waals surface area (Å²) < 4.78 is 2.68. The molecule has 3 aromatic rings. The first-order valence-corrected chi connectivity index (χ1v) is 10.2. The lowest BCUT2D eigenvalue weighted by molar-refractivity contribution is 0.0978. The summed E-state index contributed by atoms with van der Waals surface area (Å²) in [6, 6.07) is 7.40. The monoisotopic (exact) mass is 405 g/mol. The van der Waals surface area contributed by atoms with E-state index in [2.05, 4.69) is 28.8 Å². The number of aryl methyl sites for hydroxylation is 2. The van der Waals surface area contributed by atoms with Gasteiger partial charge >= 0.3 is 0 Å². The number of thiazole rings is 1. The van der Waals surface area contributed by atoms with E-state index in [4.69, 9.17) is 11.6 Å². The maximum atomic E-state index is 13.2. The average Bonchev–Trinajstić information content (AvgIpc) is 3.21. The van der Waals surface area contributed by atoms with E-state index in [0.29, 0.717) is 22.4 Å². The van der Waals surface area contributed by atoms with Gasteiger partial charge in [0.05, 0.1) is 10.2 Å². The summed E-state index contributed by atoms with van der Waals surface area (Å²) in [5.74, 6) is -0.129. The highest BCUT2D eigenvalue weighted by molar-refractivity contribution is 7.22. The zero-order valence-corrected chi connectivity index (χ0v) is 17.6. The fourth-order valence-corrected chi connectivity index (χ4v) is 4.14. The zero-order chi connectivity index (χ0) is 19.6. The van der Waals surface area contributed by atoms with Crippen LogP contribution in [0.5, 0.6) is 0 Å². The van der Waals surface area contributed by atoms with E-state index in [0.717, 1.165) is 35.5 Å². The second kappa shape index (κ2) is 8.37. The first kappa shape index (κ1) is 19.8. The molecule has 1 aromatic carbocycles. The topological polar surface area (TPSA) is 54.3 Å². The van der Waals surface area contributed by atoms with Crippen LogP contribution in [-0.2, 0) is 7.05 Å². The van der Waals surface area contributed by atoms with E-state index in [1.54, 1.807) is 9.58 Å². The first-order chi connectivity index (χ1) is 12.9. The van der Waals surface area contributed by atoms with Crippen molar-refractivity contribution in [2.24, 2.45) is 7.05 Å². The lowest BCUT2D eigenvalue weighted by Crippen LogP contribution is -2.39. The lowest BCUT2D eigenvalue weighted by atomic mass is 10.3. The molecule has 0 unspecified atom stereocenters. The van der Waals surface area contributed by atoms with Crippen LogP contribution in [0.3, 0.4) is 0 Å². The van der Waals surface area contributed by atoms with Gasteiger partial charge in [-0.3, -0.25) is 14.4 Å². The fourth-order valence-electron chi connectivity index (χ4n) is 2.87. The Hall–Kier alpha value is -1.96. The molecular weight excluding hydrogens is 382 g/mol. The molecule has 0 saturated carbocycles. The fraction of sp³-hybridized carbons (Fsp3) is 0.421. The SMILES string of the molecule is CCN(CC)CCN(C(=O)c1cc(C)n(C)n1)c1nc2ccc(Cl)cc2s1. The van der Waals surface area contributed by atoms with Gasteiger partial charge in [-0.2, -0.15) is 5.10 Å². The van der Waals surface area contributed by atoms with Gasteiger partial charge in [-0.05, 0) is 44.3 Å². The summed E-state index contributed by atoms with van der Waals surface area (Å²) in [4.78, 5) is 21.9. The maximum Gasteiger partial charge on any atom is 0.280 e. The largest absolute Gasteiger partial charge is 0.302 e. The third kappa shape index (κ3) is 4.31. The molecule has 0 aliphatic carbocycles. The van der Waals surface area contributed by atoms with Gasteiger partial charge in [0.1, 0.15) is 0 Å². The number of halogens is 1. The second-order valence-electron chi connectivity index (χ2n) is 6.39. The Morgan fingerprint density at radius 1 is 1.22 bits per heavy atom. The number of carbonyl (C=O) groups excluding carboxylic acids is 1. The minimum absolute atomic E-state index is 0.129. The van der Waals surface area contributed by atoms with Crippen molar-refractivity contribution in [3.05, 3.63) is 40.7 Å². The van der Waals surface area contributed by atoms with Crippen LogP contribution in [0.1, 0.15) is 30.0 Å². The number of hydrogen-bond donors (Lipinski definition) is 0. The van der Waals surface area contributed by atoms with Gasteiger partial charge in [0.25, 0.3) is 5.91 Å². The number of fused-ring (bicyclic) bond motifs is 1. The zero-order valence-electron chi connectivity index (χ0n) is 16.1. The Bertz CT molecular complexity index is 927. The van der Waals surface area contributed by atoms with Gasteiger partial charge < -0.3 is 4.90 Å². The molecule has 144 valence electrons. The molecule has 0 N–H and O–H groups in total. The Labute approximate surface area is 168 Å². The van der Waals surface area contributed by atoms with Gasteiger partial charge in [0.2, 0.25) is 0 Å². The van der Waals surface area contributed by atoms with Gasteiger partial charge in [0, 0.05) is 30.9 Å². The van der Waals surface area contributed by atoms with Crippen molar-refractivity contribution in [3.63, 3.8) is 0 Å². The predicted octanol–water partition coefficient (Wildman–Crippen LogP) is 3.98. The molecule has 2 aromatic heterocycles. The van der Waals surface area contributed by atoms with Crippen molar-refractivity contribution in [1.82, 2.24) is 19.7 Å². The van der Waals surface area contributed by atoms with Crippen molar-refractivity contribution in [2.45, 2.75) is 20.8 Å². The molecule has 6 nitrogen and oxygen atoms in total. The van der Waals surface area contributed by atoms with Crippen LogP contribution in [0.2, 0.25) is 5.02 Å². The van der Waals surface area contributed by atoms with Crippen molar-refractivity contribution < 1.29 is 4.79 Å². The highest BCUT2D eigenvalue weighted by Gasteiger charge is 2.24. The summed E-state index contributed by atoms with van der Waals surface area (Å²) in [5.41, 5.74) is 2.22. The Morgan fingerprint density at radius 2 is 1.96 bits per heavy atom. The second-order valence-corrected chi connectivity index (χ2v) is 7.83. The number of nitrogens with zero attached hydrogens (tertiary/aromatic N) is 5. The van der Waals surface area contributed by atoms with Gasteiger partial charge in [-0.15, -0.1) is 0 Å². The Morgan fingerprint density at radius 3 is 2.59 bits per heavy atom. The minimum Gasteiger partial charge on any atom is -0.302 e. The van der Waals surface area contributed by atoms with E-state index < -0.39 is 0 Å². The van der Waals surface area contributed by atoms with E-state index in [1.165, 1.54) is 11.3 Å². The molecule has 0 aliphatic rings. The normalized spacial score (nSPS) is 11.5. The molecule has 0 radical (unpaired) electrons. The van der Waals surface area contributed by atoms with Crippen LogP contribution in [0, 0.1) is 6.92 Å². The molecular formula is C19H24ClN5OS. The number of likely N-dealkylation sites (N-methyl/N-ethyl adjacent to an activating group) is 1. The van der Waals surface area contributed by atoms with Crippen molar-refractivity contribution in [1.29, 1.82) is 0 Å². The van der Waals surface area contributed by atoms with Crippen LogP contribution >= 0.6 is 22.9 Å². The molecule has 0 aliphatic heterocycles. The van der Waals surface area contributed by atoms with E-state index in [9.17, 15) is 4.79 Å². The summed E-state index contributed by atoms with van der Waals surface area (Å²) in [5, 5.41) is 5.70.